The highest BCUT2D eigenvalue weighted by Gasteiger charge is 2.22. The maximum absolute atomic E-state index is 6.67. The fourth-order valence-corrected chi connectivity index (χ4v) is 2.88. The van der Waals surface area contributed by atoms with E-state index in [2.05, 4.69) is 32.9 Å². The van der Waals surface area contributed by atoms with E-state index in [0.717, 1.165) is 11.1 Å². The van der Waals surface area contributed by atoms with Crippen LogP contribution in [0.5, 0.6) is 0 Å². The van der Waals surface area contributed by atoms with Crippen LogP contribution in [-0.2, 0) is 5.41 Å². The molecule has 0 aromatic heterocycles. The average Bonchev–Trinajstić information content (AvgIpc) is 2.40. The van der Waals surface area contributed by atoms with Gasteiger partial charge in [-0.25, -0.2) is 0 Å². The molecule has 1 unspecified atom stereocenters. The number of alkyl halides is 1. The third kappa shape index (κ3) is 3.31. The summed E-state index contributed by atoms with van der Waals surface area (Å²) in [4.78, 5) is 0. The summed E-state index contributed by atoms with van der Waals surface area (Å²) in [6, 6.07) is 13.8. The highest BCUT2D eigenvalue weighted by atomic mass is 35.5. The zero-order valence-electron chi connectivity index (χ0n) is 11.8. The molecule has 1 atom stereocenters. The van der Waals surface area contributed by atoms with Crippen LogP contribution >= 0.6 is 34.8 Å². The minimum Gasteiger partial charge on any atom is -0.113 e. The molecule has 0 N–H and O–H groups in total. The van der Waals surface area contributed by atoms with Crippen molar-refractivity contribution in [2.75, 3.05) is 0 Å². The molecule has 0 amide bonds. The Morgan fingerprint density at radius 1 is 0.900 bits per heavy atom. The van der Waals surface area contributed by atoms with Crippen molar-refractivity contribution in [2.45, 2.75) is 31.6 Å². The van der Waals surface area contributed by atoms with Gasteiger partial charge in [-0.1, -0.05) is 74.3 Å². The molecule has 20 heavy (non-hydrogen) atoms. The molecule has 106 valence electrons. The summed E-state index contributed by atoms with van der Waals surface area (Å²) in [5.41, 5.74) is 3.35. The molecule has 2 rings (SSSR count). The van der Waals surface area contributed by atoms with Crippen molar-refractivity contribution < 1.29 is 0 Å². The van der Waals surface area contributed by atoms with Crippen LogP contribution in [0, 0.1) is 0 Å². The van der Waals surface area contributed by atoms with E-state index in [1.54, 1.807) is 6.07 Å². The second-order valence-electron chi connectivity index (χ2n) is 5.87. The van der Waals surface area contributed by atoms with Gasteiger partial charge in [0.2, 0.25) is 0 Å². The van der Waals surface area contributed by atoms with Crippen molar-refractivity contribution in [3.63, 3.8) is 0 Å². The van der Waals surface area contributed by atoms with E-state index in [9.17, 15) is 0 Å². The molecular formula is C17H17Cl3. The molecule has 0 nitrogen and oxygen atoms in total. The lowest BCUT2D eigenvalue weighted by molar-refractivity contribution is 0.583. The Hall–Kier alpha value is -0.690. The fourth-order valence-electron chi connectivity index (χ4n) is 2.25. The molecule has 0 aliphatic rings. The third-order valence-electron chi connectivity index (χ3n) is 3.28. The summed E-state index contributed by atoms with van der Waals surface area (Å²) in [5.74, 6) is 0. The van der Waals surface area contributed by atoms with Crippen LogP contribution in [0.25, 0.3) is 0 Å². The van der Waals surface area contributed by atoms with Crippen molar-refractivity contribution >= 4 is 34.8 Å². The van der Waals surface area contributed by atoms with Crippen molar-refractivity contribution in [1.29, 1.82) is 0 Å². The van der Waals surface area contributed by atoms with E-state index < -0.39 is 0 Å². The molecular weight excluding hydrogens is 311 g/mol. The first-order chi connectivity index (χ1) is 9.30. The van der Waals surface area contributed by atoms with Gasteiger partial charge in [-0.15, -0.1) is 11.6 Å². The van der Waals surface area contributed by atoms with Crippen LogP contribution < -0.4 is 0 Å². The first-order valence-corrected chi connectivity index (χ1v) is 7.68. The molecule has 0 bridgehead atoms. The zero-order chi connectivity index (χ0) is 14.9. The molecule has 3 heteroatoms. The summed E-state index contributed by atoms with van der Waals surface area (Å²) in [6.45, 7) is 6.55. The SMILES string of the molecule is CC(C)(C)c1ccccc1C(Cl)c1ccc(Cl)c(Cl)c1. The quantitative estimate of drug-likeness (QED) is 0.544. The van der Waals surface area contributed by atoms with Crippen LogP contribution in [0.15, 0.2) is 42.5 Å². The standard InChI is InChI=1S/C17H17Cl3/c1-17(2,3)13-7-5-4-6-12(13)16(20)11-8-9-14(18)15(19)10-11/h4-10,16H,1-3H3. The van der Waals surface area contributed by atoms with E-state index in [1.807, 2.05) is 24.3 Å². The molecule has 0 aliphatic heterocycles. The highest BCUT2D eigenvalue weighted by Crippen LogP contribution is 2.38. The van der Waals surface area contributed by atoms with Gasteiger partial charge in [0, 0.05) is 0 Å². The average molecular weight is 328 g/mol. The largest absolute Gasteiger partial charge is 0.113 e. The first-order valence-electron chi connectivity index (χ1n) is 6.49. The Balaban J connectivity index is 2.48. The number of hydrogen-bond acceptors (Lipinski definition) is 0. The molecule has 0 aliphatic carbocycles. The Bertz CT molecular complexity index is 612. The van der Waals surface area contributed by atoms with Crippen LogP contribution in [0.3, 0.4) is 0 Å². The monoisotopic (exact) mass is 326 g/mol. The molecule has 2 aromatic carbocycles. The van der Waals surface area contributed by atoms with E-state index in [0.29, 0.717) is 10.0 Å². The van der Waals surface area contributed by atoms with Gasteiger partial charge in [-0.05, 0) is 34.2 Å². The highest BCUT2D eigenvalue weighted by molar-refractivity contribution is 6.42. The molecule has 0 heterocycles. The van der Waals surface area contributed by atoms with Gasteiger partial charge in [0.25, 0.3) is 0 Å². The Kier molecular flexibility index (Phi) is 4.69. The van der Waals surface area contributed by atoms with Gasteiger partial charge < -0.3 is 0 Å². The van der Waals surface area contributed by atoms with Crippen LogP contribution in [0.1, 0.15) is 42.8 Å². The Labute approximate surface area is 135 Å². The number of benzene rings is 2. The van der Waals surface area contributed by atoms with Crippen molar-refractivity contribution in [3.8, 4) is 0 Å². The smallest absolute Gasteiger partial charge is 0.0838 e. The predicted molar refractivity (Wildman–Crippen MR) is 89.3 cm³/mol. The molecule has 0 radical (unpaired) electrons. The van der Waals surface area contributed by atoms with Gasteiger partial charge in [0.15, 0.2) is 0 Å². The van der Waals surface area contributed by atoms with Crippen LogP contribution in [0.2, 0.25) is 10.0 Å². The minimum absolute atomic E-state index is 0.0416. The van der Waals surface area contributed by atoms with Crippen molar-refractivity contribution in [1.82, 2.24) is 0 Å². The normalized spacial score (nSPS) is 13.3. The number of halogens is 3. The second-order valence-corrected chi connectivity index (χ2v) is 7.12. The van der Waals surface area contributed by atoms with E-state index >= 15 is 0 Å². The predicted octanol–water partition coefficient (Wildman–Crippen LogP) is 6.62. The summed E-state index contributed by atoms with van der Waals surface area (Å²) in [7, 11) is 0. The van der Waals surface area contributed by atoms with Crippen molar-refractivity contribution in [3.05, 3.63) is 69.2 Å². The molecule has 0 spiro atoms. The maximum atomic E-state index is 6.67. The van der Waals surface area contributed by atoms with E-state index in [1.165, 1.54) is 5.56 Å². The van der Waals surface area contributed by atoms with Gasteiger partial charge in [-0.3, -0.25) is 0 Å². The summed E-state index contributed by atoms with van der Waals surface area (Å²) >= 11 is 18.7. The second kappa shape index (κ2) is 5.97. The Morgan fingerprint density at radius 2 is 1.55 bits per heavy atom. The summed E-state index contributed by atoms with van der Waals surface area (Å²) < 4.78 is 0. The number of hydrogen-bond donors (Lipinski definition) is 0. The molecule has 0 saturated heterocycles. The number of rotatable bonds is 2. The summed E-state index contributed by atoms with van der Waals surface area (Å²) in [5, 5.41) is 0.839. The maximum Gasteiger partial charge on any atom is 0.0838 e. The Morgan fingerprint density at radius 3 is 2.15 bits per heavy atom. The zero-order valence-corrected chi connectivity index (χ0v) is 14.0. The van der Waals surface area contributed by atoms with Gasteiger partial charge in [0.05, 0.1) is 15.4 Å². The topological polar surface area (TPSA) is 0 Å². The lowest BCUT2D eigenvalue weighted by Crippen LogP contribution is -2.15. The third-order valence-corrected chi connectivity index (χ3v) is 4.50. The molecule has 0 fully saturated rings. The van der Waals surface area contributed by atoms with E-state index in [-0.39, 0.29) is 10.8 Å². The lowest BCUT2D eigenvalue weighted by Gasteiger charge is -2.25. The van der Waals surface area contributed by atoms with Crippen molar-refractivity contribution in [2.24, 2.45) is 0 Å². The van der Waals surface area contributed by atoms with Gasteiger partial charge in [-0.2, -0.15) is 0 Å². The summed E-state index contributed by atoms with van der Waals surface area (Å²) in [6.07, 6.45) is 0. The van der Waals surface area contributed by atoms with Gasteiger partial charge in [0.1, 0.15) is 0 Å². The fraction of sp³-hybridized carbons (Fsp3) is 0.294. The first kappa shape index (κ1) is 15.7. The van der Waals surface area contributed by atoms with Crippen LogP contribution in [-0.4, -0.2) is 0 Å². The molecule has 2 aromatic rings. The van der Waals surface area contributed by atoms with Gasteiger partial charge >= 0.3 is 0 Å². The van der Waals surface area contributed by atoms with E-state index in [4.69, 9.17) is 34.8 Å². The molecule has 0 saturated carbocycles. The lowest BCUT2D eigenvalue weighted by atomic mass is 9.82. The van der Waals surface area contributed by atoms with Crippen LogP contribution in [0.4, 0.5) is 0 Å². The minimum atomic E-state index is -0.236.